The van der Waals surface area contributed by atoms with Crippen molar-refractivity contribution in [2.45, 2.75) is 24.6 Å². The second-order valence-corrected chi connectivity index (χ2v) is 7.31. The number of rotatable bonds is 4. The lowest BCUT2D eigenvalue weighted by Gasteiger charge is -2.27. The quantitative estimate of drug-likeness (QED) is 0.921. The zero-order valence-electron chi connectivity index (χ0n) is 10.6. The fourth-order valence-electron chi connectivity index (χ4n) is 2.00. The van der Waals surface area contributed by atoms with Gasteiger partial charge in [-0.15, -0.1) is 0 Å². The average molecular weight is 332 g/mol. The molecule has 0 amide bonds. The van der Waals surface area contributed by atoms with Gasteiger partial charge in [0.05, 0.1) is 6.61 Å². The first-order valence-corrected chi connectivity index (χ1v) is 8.47. The van der Waals surface area contributed by atoms with Gasteiger partial charge in [0.25, 0.3) is 0 Å². The van der Waals surface area contributed by atoms with E-state index >= 15 is 0 Å². The molecule has 0 saturated carbocycles. The van der Waals surface area contributed by atoms with Gasteiger partial charge in [0.15, 0.2) is 0 Å². The highest BCUT2D eigenvalue weighted by atomic mass is 79.9. The minimum atomic E-state index is -0.780. The molecule has 0 radical (unpaired) electrons. The monoisotopic (exact) mass is 331 g/mol. The number of fused-ring (bicyclic) bond motifs is 1. The first kappa shape index (κ1) is 14.0. The molecule has 18 heavy (non-hydrogen) atoms. The van der Waals surface area contributed by atoms with Crippen LogP contribution in [0.1, 0.15) is 24.9 Å². The molecule has 1 heterocycles. The summed E-state index contributed by atoms with van der Waals surface area (Å²) in [6.07, 6.45) is 2.70. The molecule has 3 nitrogen and oxygen atoms in total. The summed E-state index contributed by atoms with van der Waals surface area (Å²) >= 11 is 3.49. The van der Waals surface area contributed by atoms with Crippen molar-refractivity contribution in [2.24, 2.45) is 0 Å². The smallest absolute Gasteiger partial charge is 0.124 e. The van der Waals surface area contributed by atoms with Crippen LogP contribution in [0.2, 0.25) is 0 Å². The van der Waals surface area contributed by atoms with Gasteiger partial charge in [-0.05, 0) is 25.1 Å². The highest BCUT2D eigenvalue weighted by molar-refractivity contribution is 9.10. The van der Waals surface area contributed by atoms with Crippen LogP contribution < -0.4 is 10.1 Å². The molecule has 1 aliphatic rings. The average Bonchev–Trinajstić information content (AvgIpc) is 2.35. The van der Waals surface area contributed by atoms with Crippen LogP contribution in [0.3, 0.4) is 0 Å². The third-order valence-corrected chi connectivity index (χ3v) is 5.02. The Kier molecular flexibility index (Phi) is 4.81. The van der Waals surface area contributed by atoms with Crippen LogP contribution in [0.25, 0.3) is 0 Å². The van der Waals surface area contributed by atoms with Gasteiger partial charge in [0.2, 0.25) is 0 Å². The zero-order chi connectivity index (χ0) is 13.1. The molecular formula is C13H18BrNO2S. The van der Waals surface area contributed by atoms with Crippen molar-refractivity contribution in [3.8, 4) is 5.75 Å². The highest BCUT2D eigenvalue weighted by Gasteiger charge is 2.22. The molecule has 1 aromatic rings. The Morgan fingerprint density at radius 3 is 3.11 bits per heavy atom. The fourth-order valence-corrected chi connectivity index (χ4v) is 2.71. The van der Waals surface area contributed by atoms with Gasteiger partial charge in [-0.3, -0.25) is 4.21 Å². The number of hydrogen-bond donors (Lipinski definition) is 1. The normalized spacial score (nSPS) is 21.8. The molecule has 0 aromatic heterocycles. The van der Waals surface area contributed by atoms with Crippen LogP contribution in [0, 0.1) is 0 Å². The lowest BCUT2D eigenvalue weighted by Crippen LogP contribution is -2.33. The van der Waals surface area contributed by atoms with Crippen molar-refractivity contribution in [1.29, 1.82) is 0 Å². The molecule has 1 N–H and O–H groups in total. The van der Waals surface area contributed by atoms with Crippen LogP contribution >= 0.6 is 15.9 Å². The largest absolute Gasteiger partial charge is 0.493 e. The van der Waals surface area contributed by atoms with E-state index in [1.807, 2.05) is 19.1 Å². The second-order valence-electron chi connectivity index (χ2n) is 4.59. The number of hydrogen-bond acceptors (Lipinski definition) is 3. The predicted molar refractivity (Wildman–Crippen MR) is 78.5 cm³/mol. The first-order chi connectivity index (χ1) is 8.58. The van der Waals surface area contributed by atoms with E-state index in [0.717, 1.165) is 29.8 Å². The van der Waals surface area contributed by atoms with Crippen molar-refractivity contribution in [3.05, 3.63) is 28.2 Å². The van der Waals surface area contributed by atoms with Crippen molar-refractivity contribution in [2.75, 3.05) is 19.4 Å². The maximum absolute atomic E-state index is 11.4. The van der Waals surface area contributed by atoms with Gasteiger partial charge in [-0.25, -0.2) is 0 Å². The minimum absolute atomic E-state index is 0.170. The number of nitrogens with one attached hydrogen (secondary N) is 1. The van der Waals surface area contributed by atoms with Gasteiger partial charge in [-0.1, -0.05) is 15.9 Å². The summed E-state index contributed by atoms with van der Waals surface area (Å²) in [6.45, 7) is 3.50. The number of ether oxygens (including phenoxy) is 1. The molecule has 0 bridgehead atoms. The zero-order valence-corrected chi connectivity index (χ0v) is 13.0. The number of halogens is 1. The van der Waals surface area contributed by atoms with E-state index in [1.165, 1.54) is 5.56 Å². The molecule has 3 unspecified atom stereocenters. The maximum atomic E-state index is 11.4. The van der Waals surface area contributed by atoms with Crippen LogP contribution in [0.4, 0.5) is 0 Å². The fraction of sp³-hybridized carbons (Fsp3) is 0.538. The molecular weight excluding hydrogens is 314 g/mol. The topological polar surface area (TPSA) is 38.3 Å². The summed E-state index contributed by atoms with van der Waals surface area (Å²) < 4.78 is 18.1. The molecule has 5 heteroatoms. The molecule has 1 aliphatic heterocycles. The Balaban J connectivity index is 2.08. The summed E-state index contributed by atoms with van der Waals surface area (Å²) in [6, 6.07) is 6.37. The standard InChI is InChI=1S/C13H18BrNO2S/c1-9(18(2)16)8-15-12-5-6-17-13-4-3-10(14)7-11(12)13/h3-4,7,9,12,15H,5-6,8H2,1-2H3. The maximum Gasteiger partial charge on any atom is 0.124 e. The molecule has 100 valence electrons. The Bertz CT molecular complexity index is 453. The minimum Gasteiger partial charge on any atom is -0.493 e. The van der Waals surface area contributed by atoms with E-state index in [1.54, 1.807) is 6.26 Å². The lowest BCUT2D eigenvalue weighted by atomic mass is 10.0. The summed E-state index contributed by atoms with van der Waals surface area (Å²) in [5.74, 6) is 0.951. The number of benzene rings is 1. The predicted octanol–water partition coefficient (Wildman–Crippen LogP) is 2.63. The van der Waals surface area contributed by atoms with E-state index in [-0.39, 0.29) is 11.3 Å². The molecule has 0 saturated heterocycles. The van der Waals surface area contributed by atoms with Gasteiger partial charge in [0, 0.05) is 51.3 Å². The van der Waals surface area contributed by atoms with E-state index < -0.39 is 10.8 Å². The first-order valence-electron chi connectivity index (χ1n) is 6.06. The van der Waals surface area contributed by atoms with Gasteiger partial charge < -0.3 is 10.1 Å². The summed E-state index contributed by atoms with van der Waals surface area (Å²) in [4.78, 5) is 0. The summed E-state index contributed by atoms with van der Waals surface area (Å²) in [5, 5.41) is 3.66. The van der Waals surface area contributed by atoms with Gasteiger partial charge in [-0.2, -0.15) is 0 Å². The van der Waals surface area contributed by atoms with Crippen molar-refractivity contribution >= 4 is 26.7 Å². The third-order valence-electron chi connectivity index (χ3n) is 3.23. The van der Waals surface area contributed by atoms with Gasteiger partial charge >= 0.3 is 0 Å². The molecule has 0 fully saturated rings. The highest BCUT2D eigenvalue weighted by Crippen LogP contribution is 2.33. The molecule has 3 atom stereocenters. The van der Waals surface area contributed by atoms with Gasteiger partial charge in [0.1, 0.15) is 5.75 Å². The van der Waals surface area contributed by atoms with E-state index in [0.29, 0.717) is 0 Å². The van der Waals surface area contributed by atoms with Crippen LogP contribution in [0.15, 0.2) is 22.7 Å². The molecule has 2 rings (SSSR count). The Morgan fingerprint density at radius 2 is 2.39 bits per heavy atom. The SMILES string of the molecule is CC(CNC1CCOc2ccc(Br)cc21)S(C)=O. The lowest BCUT2D eigenvalue weighted by molar-refractivity contribution is 0.253. The van der Waals surface area contributed by atoms with Crippen LogP contribution in [-0.4, -0.2) is 28.9 Å². The Morgan fingerprint density at radius 1 is 1.61 bits per heavy atom. The van der Waals surface area contributed by atoms with Crippen LogP contribution in [0.5, 0.6) is 5.75 Å². The van der Waals surface area contributed by atoms with E-state index in [2.05, 4.69) is 27.3 Å². The van der Waals surface area contributed by atoms with Crippen molar-refractivity contribution in [3.63, 3.8) is 0 Å². The molecule has 1 aromatic carbocycles. The van der Waals surface area contributed by atoms with E-state index in [9.17, 15) is 4.21 Å². The van der Waals surface area contributed by atoms with Crippen molar-refractivity contribution < 1.29 is 8.95 Å². The Hall–Kier alpha value is -0.390. The summed E-state index contributed by atoms with van der Waals surface area (Å²) in [7, 11) is -0.780. The van der Waals surface area contributed by atoms with Crippen molar-refractivity contribution in [1.82, 2.24) is 5.32 Å². The summed E-state index contributed by atoms with van der Waals surface area (Å²) in [5.41, 5.74) is 1.18. The third kappa shape index (κ3) is 3.33. The Labute approximate surface area is 119 Å². The second kappa shape index (κ2) is 6.17. The molecule has 0 spiro atoms. The molecule has 0 aliphatic carbocycles. The van der Waals surface area contributed by atoms with Crippen LogP contribution in [-0.2, 0) is 10.8 Å². The van der Waals surface area contributed by atoms with E-state index in [4.69, 9.17) is 4.74 Å².